The van der Waals surface area contributed by atoms with Crippen molar-refractivity contribution < 1.29 is 4.74 Å². The number of nitriles is 2. The second-order valence-corrected chi connectivity index (χ2v) is 10.6. The van der Waals surface area contributed by atoms with Crippen molar-refractivity contribution in [1.82, 2.24) is 24.9 Å². The van der Waals surface area contributed by atoms with Gasteiger partial charge in [0, 0.05) is 37.8 Å². The lowest BCUT2D eigenvalue weighted by atomic mass is 10.0. The Labute approximate surface area is 225 Å². The maximum Gasteiger partial charge on any atom is 0.247 e. The molecule has 0 spiro atoms. The van der Waals surface area contributed by atoms with Crippen LogP contribution in [0.2, 0.25) is 5.02 Å². The summed E-state index contributed by atoms with van der Waals surface area (Å²) in [5.74, 6) is 0.810. The van der Waals surface area contributed by atoms with Crippen LogP contribution in [0, 0.1) is 22.7 Å². The third-order valence-electron chi connectivity index (χ3n) is 7.49. The highest BCUT2D eigenvalue weighted by Gasteiger charge is 2.29. The maximum atomic E-state index is 9.75. The summed E-state index contributed by atoms with van der Waals surface area (Å²) >= 11 is 6.92. The van der Waals surface area contributed by atoms with E-state index in [1.807, 2.05) is 6.07 Å². The molecule has 2 aliphatic heterocycles. The first kappa shape index (κ1) is 24.7. The van der Waals surface area contributed by atoms with Crippen LogP contribution in [-0.2, 0) is 4.74 Å². The number of hydrogen-bond acceptors (Lipinski definition) is 10. The quantitative estimate of drug-likeness (QED) is 0.413. The number of rotatable bonds is 7. The van der Waals surface area contributed by atoms with Gasteiger partial charge in [0.05, 0.1) is 40.3 Å². The van der Waals surface area contributed by atoms with E-state index in [-0.39, 0.29) is 12.1 Å². The predicted molar refractivity (Wildman–Crippen MR) is 144 cm³/mol. The minimum Gasteiger partial charge on any atom is -0.377 e. The van der Waals surface area contributed by atoms with Gasteiger partial charge in [0.2, 0.25) is 5.95 Å². The van der Waals surface area contributed by atoms with Crippen LogP contribution in [0.15, 0.2) is 18.3 Å². The van der Waals surface area contributed by atoms with Crippen molar-refractivity contribution in [3.63, 3.8) is 0 Å². The number of nitrogens with zero attached hydrogens (tertiary/aromatic N) is 7. The van der Waals surface area contributed by atoms with Crippen LogP contribution in [-0.4, -0.2) is 63.5 Å². The molecule has 0 bridgehead atoms. The van der Waals surface area contributed by atoms with Crippen molar-refractivity contribution in [2.45, 2.75) is 63.3 Å². The Bertz CT molecular complexity index is 1430. The molecule has 1 saturated carbocycles. The predicted octanol–water partition coefficient (Wildman–Crippen LogP) is 3.57. The molecule has 0 unspecified atom stereocenters. The Balaban J connectivity index is 1.24. The Morgan fingerprint density at radius 3 is 2.58 bits per heavy atom. The van der Waals surface area contributed by atoms with Crippen molar-refractivity contribution in [2.75, 3.05) is 35.2 Å². The number of anilines is 4. The summed E-state index contributed by atoms with van der Waals surface area (Å²) in [7, 11) is 0. The molecular formula is C26H29ClN10O. The van der Waals surface area contributed by atoms with E-state index in [4.69, 9.17) is 16.3 Å². The molecule has 12 heteroatoms. The highest BCUT2D eigenvalue weighted by atomic mass is 35.5. The van der Waals surface area contributed by atoms with Gasteiger partial charge in [-0.3, -0.25) is 0 Å². The highest BCUT2D eigenvalue weighted by Crippen LogP contribution is 2.37. The fraction of sp³-hybridized carbons (Fsp3) is 0.500. The van der Waals surface area contributed by atoms with Crippen LogP contribution in [0.25, 0.3) is 5.65 Å². The van der Waals surface area contributed by atoms with Crippen LogP contribution in [0.3, 0.4) is 0 Å². The zero-order valence-electron chi connectivity index (χ0n) is 21.1. The number of hydrogen-bond donors (Lipinski definition) is 3. The lowest BCUT2D eigenvalue weighted by Gasteiger charge is -2.36. The van der Waals surface area contributed by atoms with Crippen LogP contribution >= 0.6 is 11.6 Å². The number of aromatic nitrogens is 4. The number of benzene rings is 1. The van der Waals surface area contributed by atoms with Gasteiger partial charge in [-0.25, -0.2) is 4.98 Å². The SMILES string of the molecule is C[C@@H]1OCC[C@@H]1NC1CCN(c2cc(C#N)cc(Nc3nc(NC4CC4)c4ncc(C#N)n4n3)c2Cl)CC1. The largest absolute Gasteiger partial charge is 0.377 e. The fourth-order valence-corrected chi connectivity index (χ4v) is 5.46. The standard InChI is InChI=1S/C26H29ClN10O/c1-15-20(6-9-38-15)31-18-4-7-36(8-5-18)22-11-16(12-28)10-21(23(22)27)33-26-34-24(32-17-2-3-17)25-30-14-19(13-29)37(25)35-26/h10-11,14-15,17-18,20,31H,2-9H2,1H3,(H2,32,33,34,35)/t15-,20-/m0/s1. The Morgan fingerprint density at radius 1 is 1.08 bits per heavy atom. The molecule has 0 radical (unpaired) electrons. The molecule has 196 valence electrons. The van der Waals surface area contributed by atoms with E-state index in [1.165, 1.54) is 10.7 Å². The molecule has 3 N–H and O–H groups in total. The summed E-state index contributed by atoms with van der Waals surface area (Å²) in [6, 6.07) is 9.06. The molecule has 1 aromatic carbocycles. The minimum absolute atomic E-state index is 0.247. The Morgan fingerprint density at radius 2 is 1.89 bits per heavy atom. The third-order valence-corrected chi connectivity index (χ3v) is 7.88. The molecule has 3 aromatic rings. The zero-order chi connectivity index (χ0) is 26.2. The van der Waals surface area contributed by atoms with Crippen molar-refractivity contribution in [2.24, 2.45) is 0 Å². The van der Waals surface area contributed by atoms with E-state index in [9.17, 15) is 10.5 Å². The molecule has 3 fully saturated rings. The van der Waals surface area contributed by atoms with Crippen molar-refractivity contribution in [3.8, 4) is 12.1 Å². The number of imidazole rings is 1. The smallest absolute Gasteiger partial charge is 0.247 e. The number of piperidine rings is 1. The van der Waals surface area contributed by atoms with Gasteiger partial charge in [-0.2, -0.15) is 20.0 Å². The summed E-state index contributed by atoms with van der Waals surface area (Å²) in [5.41, 5.74) is 2.63. The number of fused-ring (bicyclic) bond motifs is 1. The number of nitrogens with one attached hydrogen (secondary N) is 3. The van der Waals surface area contributed by atoms with Crippen LogP contribution in [0.5, 0.6) is 0 Å². The first-order chi connectivity index (χ1) is 18.5. The van der Waals surface area contributed by atoms with Crippen LogP contribution in [0.1, 0.15) is 50.3 Å². The van der Waals surface area contributed by atoms with E-state index in [0.29, 0.717) is 51.6 Å². The topological polar surface area (TPSA) is 139 Å². The van der Waals surface area contributed by atoms with Gasteiger partial charge in [-0.1, -0.05) is 11.6 Å². The highest BCUT2D eigenvalue weighted by molar-refractivity contribution is 6.36. The molecule has 2 atom stereocenters. The van der Waals surface area contributed by atoms with Gasteiger partial charge in [0.15, 0.2) is 17.2 Å². The summed E-state index contributed by atoms with van der Waals surface area (Å²) in [6.45, 7) is 4.59. The molecule has 6 rings (SSSR count). The average molecular weight is 533 g/mol. The lowest BCUT2D eigenvalue weighted by molar-refractivity contribution is 0.110. The summed E-state index contributed by atoms with van der Waals surface area (Å²) in [4.78, 5) is 11.2. The van der Waals surface area contributed by atoms with Gasteiger partial charge in [0.25, 0.3) is 0 Å². The maximum absolute atomic E-state index is 9.75. The first-order valence-corrected chi connectivity index (χ1v) is 13.5. The Kier molecular flexibility index (Phi) is 6.66. The average Bonchev–Trinajstić information content (AvgIpc) is 3.50. The van der Waals surface area contributed by atoms with Gasteiger partial charge >= 0.3 is 0 Å². The van der Waals surface area contributed by atoms with Crippen LogP contribution < -0.4 is 20.9 Å². The van der Waals surface area contributed by atoms with Gasteiger partial charge in [0.1, 0.15) is 6.07 Å². The Hall–Kier alpha value is -3.64. The van der Waals surface area contributed by atoms with Crippen molar-refractivity contribution in [3.05, 3.63) is 34.6 Å². The molecule has 38 heavy (non-hydrogen) atoms. The second-order valence-electron chi connectivity index (χ2n) is 10.2. The van der Waals surface area contributed by atoms with Gasteiger partial charge < -0.3 is 25.6 Å². The first-order valence-electron chi connectivity index (χ1n) is 13.1. The number of halogens is 1. The molecule has 1 aliphatic carbocycles. The van der Waals surface area contributed by atoms with E-state index in [2.05, 4.69) is 55.0 Å². The third kappa shape index (κ3) is 4.93. The van der Waals surface area contributed by atoms with Crippen molar-refractivity contribution in [1.29, 1.82) is 10.5 Å². The summed E-state index contributed by atoms with van der Waals surface area (Å²) in [6.07, 6.45) is 6.85. The zero-order valence-corrected chi connectivity index (χ0v) is 21.9. The van der Waals surface area contributed by atoms with E-state index >= 15 is 0 Å². The van der Waals surface area contributed by atoms with Gasteiger partial charge in [-0.15, -0.1) is 5.10 Å². The monoisotopic (exact) mass is 532 g/mol. The molecule has 11 nitrogen and oxygen atoms in total. The molecular weight excluding hydrogens is 504 g/mol. The normalized spacial score (nSPS) is 21.8. The lowest BCUT2D eigenvalue weighted by Crippen LogP contribution is -2.48. The number of ether oxygens (including phenoxy) is 1. The van der Waals surface area contributed by atoms with Gasteiger partial charge in [-0.05, 0) is 51.2 Å². The molecule has 2 aromatic heterocycles. The summed E-state index contributed by atoms with van der Waals surface area (Å²) in [5, 5.41) is 34.6. The fourth-order valence-electron chi connectivity index (χ4n) is 5.18. The van der Waals surface area contributed by atoms with Crippen molar-refractivity contribution >= 4 is 40.4 Å². The van der Waals surface area contributed by atoms with E-state index in [0.717, 1.165) is 57.5 Å². The minimum atomic E-state index is 0.247. The van der Waals surface area contributed by atoms with E-state index < -0.39 is 0 Å². The molecule has 2 saturated heterocycles. The van der Waals surface area contributed by atoms with Crippen LogP contribution in [0.4, 0.5) is 23.1 Å². The molecule has 0 amide bonds. The molecule has 4 heterocycles. The summed E-state index contributed by atoms with van der Waals surface area (Å²) < 4.78 is 7.17. The van der Waals surface area contributed by atoms with E-state index in [1.54, 1.807) is 6.07 Å². The second kappa shape index (κ2) is 10.3. The molecule has 3 aliphatic rings.